The fourth-order valence-electron chi connectivity index (χ4n) is 3.90. The molecule has 3 fully saturated rings. The number of carbonyl (C=O) groups excluding carboxylic acids is 1. The average Bonchev–Trinajstić information content (AvgIpc) is 3.30. The summed E-state index contributed by atoms with van der Waals surface area (Å²) in [6.45, 7) is 4.19. The van der Waals surface area contributed by atoms with Crippen LogP contribution in [-0.2, 0) is 14.4 Å². The molecule has 3 aliphatic heterocycles. The van der Waals surface area contributed by atoms with E-state index in [0.717, 1.165) is 25.3 Å². The largest absolute Gasteiger partial charge is 0.481 e. The van der Waals surface area contributed by atoms with Crippen LogP contribution in [0.4, 0.5) is 5.82 Å². The standard InChI is InChI=1S/C16H22N4O4/c1-22-14-5-13(17-11-18-14)19-7-12-8-23-10-16(12,9-19)6-15(21)20-3-2-4-24-20/h5,11-12H,2-4,6-10H2,1H3/t12-,16+/m1/s1. The van der Waals surface area contributed by atoms with E-state index in [2.05, 4.69) is 14.9 Å². The van der Waals surface area contributed by atoms with Crippen molar-refractivity contribution < 1.29 is 19.1 Å². The molecule has 4 rings (SSSR count). The molecule has 0 saturated carbocycles. The van der Waals surface area contributed by atoms with Crippen molar-refractivity contribution in [1.82, 2.24) is 15.0 Å². The van der Waals surface area contributed by atoms with Gasteiger partial charge in [0.05, 0.1) is 33.5 Å². The summed E-state index contributed by atoms with van der Waals surface area (Å²) in [5.41, 5.74) is -0.165. The first-order valence-electron chi connectivity index (χ1n) is 8.32. The quantitative estimate of drug-likeness (QED) is 0.793. The molecule has 3 aliphatic rings. The van der Waals surface area contributed by atoms with E-state index < -0.39 is 0 Å². The van der Waals surface area contributed by atoms with Crippen LogP contribution >= 0.6 is 0 Å². The molecular weight excluding hydrogens is 312 g/mol. The molecule has 0 aromatic carbocycles. The van der Waals surface area contributed by atoms with Gasteiger partial charge >= 0.3 is 0 Å². The minimum absolute atomic E-state index is 0.0603. The van der Waals surface area contributed by atoms with Crippen molar-refractivity contribution in [2.45, 2.75) is 12.8 Å². The average molecular weight is 334 g/mol. The molecule has 0 radical (unpaired) electrons. The maximum Gasteiger partial charge on any atom is 0.246 e. The van der Waals surface area contributed by atoms with Crippen LogP contribution < -0.4 is 9.64 Å². The zero-order chi connectivity index (χ0) is 16.6. The molecule has 24 heavy (non-hydrogen) atoms. The van der Waals surface area contributed by atoms with Gasteiger partial charge in [0.1, 0.15) is 12.1 Å². The normalized spacial score (nSPS) is 29.1. The van der Waals surface area contributed by atoms with E-state index in [4.69, 9.17) is 14.3 Å². The molecule has 8 heteroatoms. The third-order valence-electron chi connectivity index (χ3n) is 5.22. The number of anilines is 1. The van der Waals surface area contributed by atoms with Crippen LogP contribution in [-0.4, -0.2) is 67.5 Å². The van der Waals surface area contributed by atoms with Crippen LogP contribution in [0.1, 0.15) is 12.8 Å². The molecule has 1 amide bonds. The Bertz CT molecular complexity index is 622. The van der Waals surface area contributed by atoms with E-state index in [1.165, 1.54) is 11.4 Å². The number of hydrogen-bond acceptors (Lipinski definition) is 7. The minimum Gasteiger partial charge on any atom is -0.481 e. The zero-order valence-corrected chi connectivity index (χ0v) is 13.8. The Labute approximate surface area is 140 Å². The maximum atomic E-state index is 12.6. The Morgan fingerprint density at radius 1 is 1.50 bits per heavy atom. The molecule has 0 bridgehead atoms. The van der Waals surface area contributed by atoms with E-state index in [-0.39, 0.29) is 11.3 Å². The van der Waals surface area contributed by atoms with E-state index in [9.17, 15) is 4.79 Å². The van der Waals surface area contributed by atoms with Gasteiger partial charge in [0.2, 0.25) is 11.8 Å². The number of amides is 1. The summed E-state index contributed by atoms with van der Waals surface area (Å²) in [5, 5.41) is 1.51. The van der Waals surface area contributed by atoms with Crippen LogP contribution in [0.5, 0.6) is 5.88 Å². The number of nitrogens with zero attached hydrogens (tertiary/aromatic N) is 4. The second-order valence-electron chi connectivity index (χ2n) is 6.73. The van der Waals surface area contributed by atoms with Gasteiger partial charge < -0.3 is 14.4 Å². The van der Waals surface area contributed by atoms with Crippen molar-refractivity contribution >= 4 is 11.7 Å². The summed E-state index contributed by atoms with van der Waals surface area (Å²) in [6.07, 6.45) is 2.87. The predicted molar refractivity (Wildman–Crippen MR) is 84.4 cm³/mol. The Kier molecular flexibility index (Phi) is 4.01. The van der Waals surface area contributed by atoms with Crippen molar-refractivity contribution in [2.24, 2.45) is 11.3 Å². The van der Waals surface area contributed by atoms with Crippen molar-refractivity contribution in [1.29, 1.82) is 0 Å². The van der Waals surface area contributed by atoms with Gasteiger partial charge in [-0.15, -0.1) is 0 Å². The fourth-order valence-corrected chi connectivity index (χ4v) is 3.90. The first-order chi connectivity index (χ1) is 11.7. The molecule has 8 nitrogen and oxygen atoms in total. The molecule has 1 aromatic heterocycles. The summed E-state index contributed by atoms with van der Waals surface area (Å²) < 4.78 is 10.9. The van der Waals surface area contributed by atoms with Crippen molar-refractivity contribution in [2.75, 3.05) is 51.5 Å². The highest BCUT2D eigenvalue weighted by Crippen LogP contribution is 2.45. The summed E-state index contributed by atoms with van der Waals surface area (Å²) >= 11 is 0. The molecular formula is C16H22N4O4. The lowest BCUT2D eigenvalue weighted by atomic mass is 9.78. The Hall–Kier alpha value is -1.93. The summed E-state index contributed by atoms with van der Waals surface area (Å²) in [7, 11) is 1.59. The Balaban J connectivity index is 1.51. The van der Waals surface area contributed by atoms with Gasteiger partial charge in [-0.3, -0.25) is 9.63 Å². The van der Waals surface area contributed by atoms with Crippen molar-refractivity contribution in [3.05, 3.63) is 12.4 Å². The number of hydrogen-bond donors (Lipinski definition) is 0. The number of carbonyl (C=O) groups is 1. The highest BCUT2D eigenvalue weighted by atomic mass is 16.7. The van der Waals surface area contributed by atoms with E-state index >= 15 is 0 Å². The van der Waals surface area contributed by atoms with Crippen molar-refractivity contribution in [3.8, 4) is 5.88 Å². The van der Waals surface area contributed by atoms with Gasteiger partial charge in [-0.2, -0.15) is 0 Å². The van der Waals surface area contributed by atoms with Gasteiger partial charge in [-0.05, 0) is 6.42 Å². The number of ether oxygens (including phenoxy) is 2. The van der Waals surface area contributed by atoms with Crippen LogP contribution in [0.15, 0.2) is 12.4 Å². The van der Waals surface area contributed by atoms with E-state index in [1.807, 2.05) is 6.07 Å². The fraction of sp³-hybridized carbons (Fsp3) is 0.688. The number of methoxy groups -OCH3 is 1. The topological polar surface area (TPSA) is 77.0 Å². The SMILES string of the molecule is COc1cc(N2C[C@@H]3COC[C@]3(CC(=O)N3CCCO3)C2)ncn1. The molecule has 0 N–H and O–H groups in total. The third-order valence-corrected chi connectivity index (χ3v) is 5.22. The minimum atomic E-state index is -0.165. The smallest absolute Gasteiger partial charge is 0.246 e. The molecule has 0 unspecified atom stereocenters. The highest BCUT2D eigenvalue weighted by Gasteiger charge is 2.52. The second-order valence-corrected chi connectivity index (χ2v) is 6.73. The number of rotatable bonds is 4. The number of hydroxylamine groups is 2. The third kappa shape index (κ3) is 2.69. The monoisotopic (exact) mass is 334 g/mol. The van der Waals surface area contributed by atoms with Gasteiger partial charge in [-0.25, -0.2) is 15.0 Å². The Morgan fingerprint density at radius 3 is 3.21 bits per heavy atom. The molecule has 3 saturated heterocycles. The predicted octanol–water partition coefficient (Wildman–Crippen LogP) is 0.492. The molecule has 0 spiro atoms. The molecule has 2 atom stereocenters. The zero-order valence-electron chi connectivity index (χ0n) is 13.8. The Morgan fingerprint density at radius 2 is 2.42 bits per heavy atom. The van der Waals surface area contributed by atoms with Gasteiger partial charge in [0.25, 0.3) is 0 Å². The molecule has 1 aromatic rings. The highest BCUT2D eigenvalue weighted by molar-refractivity contribution is 5.76. The van der Waals surface area contributed by atoms with Gasteiger partial charge in [0.15, 0.2) is 0 Å². The van der Waals surface area contributed by atoms with E-state index in [0.29, 0.717) is 44.6 Å². The first kappa shape index (κ1) is 15.6. The van der Waals surface area contributed by atoms with Gasteiger partial charge in [0, 0.05) is 36.9 Å². The number of fused-ring (bicyclic) bond motifs is 1. The molecule has 130 valence electrons. The first-order valence-corrected chi connectivity index (χ1v) is 8.32. The van der Waals surface area contributed by atoms with Gasteiger partial charge in [-0.1, -0.05) is 0 Å². The summed E-state index contributed by atoms with van der Waals surface area (Å²) in [6, 6.07) is 1.83. The molecule has 0 aliphatic carbocycles. The summed E-state index contributed by atoms with van der Waals surface area (Å²) in [5.74, 6) is 1.76. The second kappa shape index (κ2) is 6.18. The van der Waals surface area contributed by atoms with E-state index in [1.54, 1.807) is 7.11 Å². The maximum absolute atomic E-state index is 12.6. The van der Waals surface area contributed by atoms with Crippen LogP contribution in [0.2, 0.25) is 0 Å². The van der Waals surface area contributed by atoms with Crippen LogP contribution in [0.3, 0.4) is 0 Å². The lowest BCUT2D eigenvalue weighted by molar-refractivity contribution is -0.171. The van der Waals surface area contributed by atoms with Crippen molar-refractivity contribution in [3.63, 3.8) is 0 Å². The number of aromatic nitrogens is 2. The van der Waals surface area contributed by atoms with Crippen LogP contribution in [0.25, 0.3) is 0 Å². The summed E-state index contributed by atoms with van der Waals surface area (Å²) in [4.78, 5) is 28.6. The molecule has 4 heterocycles. The van der Waals surface area contributed by atoms with Crippen LogP contribution in [0, 0.1) is 11.3 Å². The lowest BCUT2D eigenvalue weighted by Gasteiger charge is -2.28. The lowest BCUT2D eigenvalue weighted by Crippen LogP contribution is -2.38.